The Bertz CT molecular complexity index is 725. The predicted molar refractivity (Wildman–Crippen MR) is 110 cm³/mol. The highest BCUT2D eigenvalue weighted by atomic mass is 32.1. The first kappa shape index (κ1) is 19.9. The molecule has 0 aliphatic carbocycles. The standard InChI is InChI=1S/C20H29N5OS/c1-3-24-12-14-25(15-13-24)11-7-6-10-22-19(26)18-16(2)23-20(27-18)17-8-4-5-9-21-17/h4-5,8-9H,3,6-7,10-15H2,1-2H3,(H,22,26). The Morgan fingerprint density at radius 1 is 1.19 bits per heavy atom. The molecule has 27 heavy (non-hydrogen) atoms. The zero-order valence-corrected chi connectivity index (χ0v) is 17.1. The minimum absolute atomic E-state index is 0.0243. The molecule has 0 bridgehead atoms. The maximum atomic E-state index is 12.5. The summed E-state index contributed by atoms with van der Waals surface area (Å²) >= 11 is 1.41. The Balaban J connectivity index is 1.39. The second-order valence-electron chi connectivity index (χ2n) is 6.89. The van der Waals surface area contributed by atoms with Crippen molar-refractivity contribution >= 4 is 17.2 Å². The fourth-order valence-electron chi connectivity index (χ4n) is 3.28. The van der Waals surface area contributed by atoms with Crippen molar-refractivity contribution < 1.29 is 4.79 Å². The van der Waals surface area contributed by atoms with E-state index in [9.17, 15) is 4.79 Å². The van der Waals surface area contributed by atoms with Crippen LogP contribution in [0.5, 0.6) is 0 Å². The average molecular weight is 388 g/mol. The highest BCUT2D eigenvalue weighted by Crippen LogP contribution is 2.26. The first-order valence-electron chi connectivity index (χ1n) is 9.79. The van der Waals surface area contributed by atoms with E-state index in [0.29, 0.717) is 11.4 Å². The van der Waals surface area contributed by atoms with Crippen molar-refractivity contribution in [3.8, 4) is 10.7 Å². The lowest BCUT2D eigenvalue weighted by atomic mass is 10.2. The van der Waals surface area contributed by atoms with Gasteiger partial charge >= 0.3 is 0 Å². The van der Waals surface area contributed by atoms with Crippen molar-refractivity contribution in [2.75, 3.05) is 45.8 Å². The van der Waals surface area contributed by atoms with Crippen molar-refractivity contribution in [1.29, 1.82) is 0 Å². The molecular formula is C20H29N5OS. The molecule has 6 nitrogen and oxygen atoms in total. The molecular weight excluding hydrogens is 358 g/mol. The smallest absolute Gasteiger partial charge is 0.263 e. The number of carbonyl (C=O) groups excluding carboxylic acids is 1. The molecule has 2 aromatic rings. The number of unbranched alkanes of at least 4 members (excludes halogenated alkanes) is 1. The van der Waals surface area contributed by atoms with E-state index in [1.165, 1.54) is 24.4 Å². The molecule has 1 N–H and O–H groups in total. The van der Waals surface area contributed by atoms with Crippen LogP contribution < -0.4 is 5.32 Å². The van der Waals surface area contributed by atoms with E-state index in [2.05, 4.69) is 32.0 Å². The first-order valence-corrected chi connectivity index (χ1v) is 10.6. The van der Waals surface area contributed by atoms with Crippen LogP contribution in [-0.2, 0) is 0 Å². The van der Waals surface area contributed by atoms with E-state index in [4.69, 9.17) is 0 Å². The number of aryl methyl sites for hydroxylation is 1. The Hall–Kier alpha value is -1.83. The largest absolute Gasteiger partial charge is 0.351 e. The first-order chi connectivity index (χ1) is 13.2. The number of rotatable bonds is 8. The van der Waals surface area contributed by atoms with Crippen LogP contribution in [0.1, 0.15) is 35.1 Å². The number of nitrogens with one attached hydrogen (secondary N) is 1. The van der Waals surface area contributed by atoms with E-state index in [1.807, 2.05) is 25.1 Å². The number of carbonyl (C=O) groups is 1. The van der Waals surface area contributed by atoms with Crippen molar-refractivity contribution in [2.24, 2.45) is 0 Å². The van der Waals surface area contributed by atoms with Gasteiger partial charge in [-0.3, -0.25) is 9.78 Å². The maximum Gasteiger partial charge on any atom is 0.263 e. The summed E-state index contributed by atoms with van der Waals surface area (Å²) < 4.78 is 0. The number of pyridine rings is 1. The van der Waals surface area contributed by atoms with Crippen LogP contribution in [-0.4, -0.2) is 71.5 Å². The summed E-state index contributed by atoms with van der Waals surface area (Å²) in [6.07, 6.45) is 3.87. The van der Waals surface area contributed by atoms with E-state index in [-0.39, 0.29) is 5.91 Å². The molecule has 0 radical (unpaired) electrons. The Labute approximate surface area is 165 Å². The van der Waals surface area contributed by atoms with Crippen LogP contribution in [0.25, 0.3) is 10.7 Å². The summed E-state index contributed by atoms with van der Waals surface area (Å²) in [7, 11) is 0. The van der Waals surface area contributed by atoms with Gasteiger partial charge in [-0.25, -0.2) is 4.98 Å². The van der Waals surface area contributed by atoms with E-state index in [0.717, 1.165) is 55.4 Å². The average Bonchev–Trinajstić information content (AvgIpc) is 3.10. The van der Waals surface area contributed by atoms with Crippen molar-refractivity contribution in [2.45, 2.75) is 26.7 Å². The van der Waals surface area contributed by atoms with Gasteiger partial charge < -0.3 is 15.1 Å². The monoisotopic (exact) mass is 387 g/mol. The number of thiazole rings is 1. The molecule has 0 unspecified atom stereocenters. The number of nitrogens with zero attached hydrogens (tertiary/aromatic N) is 4. The minimum Gasteiger partial charge on any atom is -0.351 e. The van der Waals surface area contributed by atoms with Crippen molar-refractivity contribution in [3.05, 3.63) is 35.0 Å². The highest BCUT2D eigenvalue weighted by molar-refractivity contribution is 7.17. The van der Waals surface area contributed by atoms with Crippen LogP contribution in [0.4, 0.5) is 0 Å². The number of hydrogen-bond acceptors (Lipinski definition) is 6. The molecule has 1 aliphatic heterocycles. The maximum absolute atomic E-state index is 12.5. The SMILES string of the molecule is CCN1CCN(CCCCNC(=O)c2sc(-c3ccccn3)nc2C)CC1. The number of likely N-dealkylation sites (N-methyl/N-ethyl adjacent to an activating group) is 1. The Morgan fingerprint density at radius 3 is 2.67 bits per heavy atom. The van der Waals surface area contributed by atoms with Crippen LogP contribution in [0.15, 0.2) is 24.4 Å². The van der Waals surface area contributed by atoms with Crippen LogP contribution in [0.3, 0.4) is 0 Å². The Morgan fingerprint density at radius 2 is 1.96 bits per heavy atom. The summed E-state index contributed by atoms with van der Waals surface area (Å²) in [6, 6.07) is 5.72. The van der Waals surface area contributed by atoms with Gasteiger partial charge in [-0.15, -0.1) is 11.3 Å². The molecule has 2 aromatic heterocycles. The van der Waals surface area contributed by atoms with Gasteiger partial charge in [0.05, 0.1) is 11.4 Å². The highest BCUT2D eigenvalue weighted by Gasteiger charge is 2.17. The third-order valence-electron chi connectivity index (χ3n) is 4.99. The normalized spacial score (nSPS) is 15.8. The van der Waals surface area contributed by atoms with Gasteiger partial charge in [0.25, 0.3) is 5.91 Å². The van der Waals surface area contributed by atoms with E-state index >= 15 is 0 Å². The van der Waals surface area contributed by atoms with Crippen molar-refractivity contribution in [3.63, 3.8) is 0 Å². The molecule has 146 valence electrons. The van der Waals surface area contributed by atoms with Crippen LogP contribution in [0.2, 0.25) is 0 Å². The molecule has 1 fully saturated rings. The van der Waals surface area contributed by atoms with Crippen molar-refractivity contribution in [1.82, 2.24) is 25.1 Å². The lowest BCUT2D eigenvalue weighted by molar-refractivity contribution is 0.0955. The molecule has 0 atom stereocenters. The van der Waals surface area contributed by atoms with Gasteiger partial charge in [-0.1, -0.05) is 13.0 Å². The lowest BCUT2D eigenvalue weighted by Crippen LogP contribution is -2.46. The molecule has 1 amide bonds. The molecule has 7 heteroatoms. The van der Waals surface area contributed by atoms with Gasteiger partial charge in [-0.2, -0.15) is 0 Å². The molecule has 0 aromatic carbocycles. The zero-order valence-electron chi connectivity index (χ0n) is 16.3. The van der Waals surface area contributed by atoms with Gasteiger partial charge in [0.1, 0.15) is 9.88 Å². The third kappa shape index (κ3) is 5.57. The topological polar surface area (TPSA) is 61.4 Å². The van der Waals surface area contributed by atoms with Gasteiger partial charge in [0.15, 0.2) is 0 Å². The lowest BCUT2D eigenvalue weighted by Gasteiger charge is -2.33. The molecule has 1 aliphatic rings. The number of hydrogen-bond donors (Lipinski definition) is 1. The summed E-state index contributed by atoms with van der Waals surface area (Å²) in [6.45, 7) is 11.8. The number of aromatic nitrogens is 2. The fourth-order valence-corrected chi connectivity index (χ4v) is 4.24. The fraction of sp³-hybridized carbons (Fsp3) is 0.550. The van der Waals surface area contributed by atoms with Gasteiger partial charge in [0.2, 0.25) is 0 Å². The summed E-state index contributed by atoms with van der Waals surface area (Å²) in [4.78, 5) is 27.0. The van der Waals surface area contributed by atoms with Crippen LogP contribution in [0, 0.1) is 6.92 Å². The van der Waals surface area contributed by atoms with E-state index < -0.39 is 0 Å². The number of piperazine rings is 1. The summed E-state index contributed by atoms with van der Waals surface area (Å²) in [5.74, 6) is -0.0243. The predicted octanol–water partition coefficient (Wildman–Crippen LogP) is 2.66. The molecule has 3 rings (SSSR count). The quantitative estimate of drug-likeness (QED) is 0.706. The molecule has 1 saturated heterocycles. The van der Waals surface area contributed by atoms with E-state index in [1.54, 1.807) is 6.20 Å². The van der Waals surface area contributed by atoms with Gasteiger partial charge in [-0.05, 0) is 45.0 Å². The molecule has 0 saturated carbocycles. The summed E-state index contributed by atoms with van der Waals surface area (Å²) in [5, 5.41) is 3.84. The summed E-state index contributed by atoms with van der Waals surface area (Å²) in [5.41, 5.74) is 1.58. The second-order valence-corrected chi connectivity index (χ2v) is 7.89. The second kappa shape index (κ2) is 9.92. The zero-order chi connectivity index (χ0) is 19.1. The third-order valence-corrected chi connectivity index (χ3v) is 6.16. The number of amides is 1. The van der Waals surface area contributed by atoms with Crippen LogP contribution >= 0.6 is 11.3 Å². The Kier molecular flexibility index (Phi) is 7.32. The van der Waals surface area contributed by atoms with Gasteiger partial charge in [0, 0.05) is 38.9 Å². The molecule has 3 heterocycles. The molecule has 0 spiro atoms. The minimum atomic E-state index is -0.0243.